The smallest absolute Gasteiger partial charge is 0.254 e. The van der Waals surface area contributed by atoms with E-state index in [-0.39, 0.29) is 11.7 Å². The molecule has 4 aromatic rings. The van der Waals surface area contributed by atoms with Crippen LogP contribution in [0.3, 0.4) is 0 Å². The van der Waals surface area contributed by atoms with E-state index in [1.165, 1.54) is 12.1 Å². The number of nitrogens with zero attached hydrogens (tertiary/aromatic N) is 3. The van der Waals surface area contributed by atoms with Gasteiger partial charge in [0.15, 0.2) is 0 Å². The third-order valence-electron chi connectivity index (χ3n) is 5.55. The summed E-state index contributed by atoms with van der Waals surface area (Å²) >= 11 is 0. The first kappa shape index (κ1) is 23.4. The normalized spacial score (nSPS) is 11.0. The minimum atomic E-state index is -0.323. The summed E-state index contributed by atoms with van der Waals surface area (Å²) in [5, 5.41) is 11.3. The number of fused-ring (bicyclic) bond motifs is 1. The Kier molecular flexibility index (Phi) is 7.49. The van der Waals surface area contributed by atoms with Crippen LogP contribution in [0.4, 0.5) is 4.39 Å². The number of aromatic amines is 1. The van der Waals surface area contributed by atoms with Crippen LogP contribution in [0.25, 0.3) is 22.0 Å². The van der Waals surface area contributed by atoms with E-state index in [1.807, 2.05) is 26.0 Å². The second-order valence-corrected chi connectivity index (χ2v) is 7.87. The van der Waals surface area contributed by atoms with E-state index in [4.69, 9.17) is 4.74 Å². The largest absolute Gasteiger partial charge is 0.493 e. The molecule has 0 spiro atoms. The summed E-state index contributed by atoms with van der Waals surface area (Å²) in [7, 11) is 0. The molecule has 0 saturated heterocycles. The Morgan fingerprint density at radius 3 is 2.82 bits per heavy atom. The number of benzene rings is 2. The molecule has 0 atom stereocenters. The van der Waals surface area contributed by atoms with E-state index in [9.17, 15) is 9.18 Å². The third kappa shape index (κ3) is 5.23. The molecule has 7 nitrogen and oxygen atoms in total. The Hall–Kier alpha value is -3.78. The molecule has 176 valence electrons. The summed E-state index contributed by atoms with van der Waals surface area (Å²) in [6.45, 7) is 6.72. The highest BCUT2D eigenvalue weighted by Crippen LogP contribution is 2.32. The predicted octanol–water partition coefficient (Wildman–Crippen LogP) is 4.41. The Morgan fingerprint density at radius 1 is 1.15 bits per heavy atom. The lowest BCUT2D eigenvalue weighted by molar-refractivity contribution is 0.0745. The van der Waals surface area contributed by atoms with Crippen LogP contribution in [0, 0.1) is 5.82 Å². The van der Waals surface area contributed by atoms with Crippen molar-refractivity contribution in [1.82, 2.24) is 25.4 Å². The van der Waals surface area contributed by atoms with E-state index < -0.39 is 0 Å². The second kappa shape index (κ2) is 10.9. The molecule has 0 aliphatic rings. The van der Waals surface area contributed by atoms with E-state index >= 15 is 0 Å². The van der Waals surface area contributed by atoms with E-state index in [0.717, 1.165) is 28.6 Å². The van der Waals surface area contributed by atoms with Crippen molar-refractivity contribution in [3.63, 3.8) is 0 Å². The number of amides is 1. The zero-order valence-electron chi connectivity index (χ0n) is 19.3. The van der Waals surface area contributed by atoms with Crippen molar-refractivity contribution in [2.45, 2.75) is 20.4 Å². The van der Waals surface area contributed by atoms with Gasteiger partial charge in [-0.1, -0.05) is 19.1 Å². The average Bonchev–Trinajstić information content (AvgIpc) is 3.33. The third-order valence-corrected chi connectivity index (χ3v) is 5.55. The number of hydrogen-bond acceptors (Lipinski definition) is 5. The molecule has 0 unspecified atom stereocenters. The van der Waals surface area contributed by atoms with E-state index in [2.05, 4.69) is 20.5 Å². The standard InChI is InChI=1S/C26H28FN5O2/c1-3-28-10-11-32(17-21-15-29-14-20-16-30-31-25(20)21)26(33)19-8-9-23(24(13-19)34-4-2)18-6-5-7-22(27)12-18/h5-9,12-16,28H,3-4,10-11,17H2,1-2H3,(H,30,31). The molecule has 2 aromatic heterocycles. The van der Waals surface area contributed by atoms with Crippen LogP contribution in [0.2, 0.25) is 0 Å². The summed E-state index contributed by atoms with van der Waals surface area (Å²) in [5.74, 6) is 0.0976. The summed E-state index contributed by atoms with van der Waals surface area (Å²) in [5.41, 5.74) is 3.70. The monoisotopic (exact) mass is 461 g/mol. The van der Waals surface area contributed by atoms with Crippen molar-refractivity contribution >= 4 is 16.8 Å². The van der Waals surface area contributed by atoms with Crippen molar-refractivity contribution in [3.8, 4) is 16.9 Å². The van der Waals surface area contributed by atoms with Crippen LogP contribution in [0.15, 0.2) is 61.1 Å². The van der Waals surface area contributed by atoms with Crippen molar-refractivity contribution in [3.05, 3.63) is 78.0 Å². The second-order valence-electron chi connectivity index (χ2n) is 7.87. The zero-order valence-corrected chi connectivity index (χ0v) is 19.3. The minimum absolute atomic E-state index is 0.124. The topological polar surface area (TPSA) is 83.1 Å². The van der Waals surface area contributed by atoms with Gasteiger partial charge < -0.3 is 15.0 Å². The highest BCUT2D eigenvalue weighted by atomic mass is 19.1. The highest BCUT2D eigenvalue weighted by molar-refractivity contribution is 5.96. The van der Waals surface area contributed by atoms with Crippen molar-refractivity contribution in [1.29, 1.82) is 0 Å². The molecular weight excluding hydrogens is 433 g/mol. The zero-order chi connectivity index (χ0) is 23.9. The first-order valence-corrected chi connectivity index (χ1v) is 11.4. The molecule has 0 fully saturated rings. The highest BCUT2D eigenvalue weighted by Gasteiger charge is 2.20. The molecule has 2 heterocycles. The SMILES string of the molecule is CCNCCN(Cc1cncc2cn[nH]c12)C(=O)c1ccc(-c2cccc(F)c2)c(OCC)c1. The number of likely N-dealkylation sites (N-methyl/N-ethyl adjacent to an activating group) is 1. The number of pyridine rings is 1. The van der Waals surface area contributed by atoms with Gasteiger partial charge in [-0.05, 0) is 49.4 Å². The average molecular weight is 462 g/mol. The number of nitrogens with one attached hydrogen (secondary N) is 2. The van der Waals surface area contributed by atoms with Crippen molar-refractivity contribution < 1.29 is 13.9 Å². The maximum Gasteiger partial charge on any atom is 0.254 e. The lowest BCUT2D eigenvalue weighted by Gasteiger charge is -2.24. The molecule has 1 amide bonds. The van der Waals surface area contributed by atoms with Gasteiger partial charge in [-0.2, -0.15) is 5.10 Å². The Balaban J connectivity index is 1.66. The molecule has 0 saturated carbocycles. The molecule has 0 aliphatic heterocycles. The fourth-order valence-corrected chi connectivity index (χ4v) is 3.90. The van der Waals surface area contributed by atoms with Gasteiger partial charge in [0.05, 0.1) is 18.3 Å². The van der Waals surface area contributed by atoms with Crippen molar-refractivity contribution in [2.24, 2.45) is 0 Å². The lowest BCUT2D eigenvalue weighted by atomic mass is 10.0. The molecule has 2 N–H and O–H groups in total. The Bertz CT molecular complexity index is 1270. The number of H-pyrrole nitrogens is 1. The van der Waals surface area contributed by atoms with Gasteiger partial charge in [0.2, 0.25) is 0 Å². The Labute approximate surface area is 198 Å². The van der Waals surface area contributed by atoms with Crippen LogP contribution in [-0.4, -0.2) is 52.2 Å². The van der Waals surface area contributed by atoms with E-state index in [1.54, 1.807) is 41.7 Å². The lowest BCUT2D eigenvalue weighted by Crippen LogP contribution is -2.36. The van der Waals surface area contributed by atoms with Crippen LogP contribution < -0.4 is 10.1 Å². The van der Waals surface area contributed by atoms with Crippen LogP contribution >= 0.6 is 0 Å². The summed E-state index contributed by atoms with van der Waals surface area (Å²) in [6.07, 6.45) is 5.22. The maximum absolute atomic E-state index is 13.8. The molecule has 0 bridgehead atoms. The number of rotatable bonds is 10. The number of aromatic nitrogens is 3. The molecule has 0 radical (unpaired) electrons. The summed E-state index contributed by atoms with van der Waals surface area (Å²) in [6, 6.07) is 11.7. The number of carbonyl (C=O) groups is 1. The summed E-state index contributed by atoms with van der Waals surface area (Å²) in [4.78, 5) is 19.7. The predicted molar refractivity (Wildman–Crippen MR) is 130 cm³/mol. The van der Waals surface area contributed by atoms with Crippen molar-refractivity contribution in [2.75, 3.05) is 26.2 Å². The number of ether oxygens (including phenoxy) is 1. The number of carbonyl (C=O) groups excluding carboxylic acids is 1. The van der Waals surface area contributed by atoms with Gasteiger partial charge in [0, 0.05) is 54.1 Å². The first-order chi connectivity index (χ1) is 16.6. The van der Waals surface area contributed by atoms with Gasteiger partial charge in [-0.15, -0.1) is 0 Å². The van der Waals surface area contributed by atoms with Crippen LogP contribution in [-0.2, 0) is 6.54 Å². The minimum Gasteiger partial charge on any atom is -0.493 e. The summed E-state index contributed by atoms with van der Waals surface area (Å²) < 4.78 is 19.6. The van der Waals surface area contributed by atoms with Gasteiger partial charge >= 0.3 is 0 Å². The molecule has 34 heavy (non-hydrogen) atoms. The molecule has 0 aliphatic carbocycles. The van der Waals surface area contributed by atoms with Gasteiger partial charge in [0.25, 0.3) is 5.91 Å². The first-order valence-electron chi connectivity index (χ1n) is 11.4. The molecular formula is C26H28FN5O2. The fraction of sp³-hybridized carbons (Fsp3) is 0.269. The van der Waals surface area contributed by atoms with Gasteiger partial charge in [-0.25, -0.2) is 4.39 Å². The maximum atomic E-state index is 13.8. The molecule has 8 heteroatoms. The van der Waals surface area contributed by atoms with Crippen LogP contribution in [0.5, 0.6) is 5.75 Å². The van der Waals surface area contributed by atoms with Crippen LogP contribution in [0.1, 0.15) is 29.8 Å². The number of halogens is 1. The number of hydrogen-bond donors (Lipinski definition) is 2. The molecule has 2 aromatic carbocycles. The fourth-order valence-electron chi connectivity index (χ4n) is 3.90. The Morgan fingerprint density at radius 2 is 2.03 bits per heavy atom. The quantitative estimate of drug-likeness (QED) is 0.342. The van der Waals surface area contributed by atoms with E-state index in [0.29, 0.717) is 43.1 Å². The van der Waals surface area contributed by atoms with Gasteiger partial charge in [0.1, 0.15) is 11.6 Å². The van der Waals surface area contributed by atoms with Gasteiger partial charge in [-0.3, -0.25) is 14.9 Å². The molecule has 4 rings (SSSR count).